The quantitative estimate of drug-likeness (QED) is 0.899. The lowest BCUT2D eigenvalue weighted by molar-refractivity contribution is 0.582. The Kier molecular flexibility index (Phi) is 3.93. The van der Waals surface area contributed by atoms with Crippen molar-refractivity contribution < 1.29 is 0 Å². The van der Waals surface area contributed by atoms with Gasteiger partial charge in [-0.2, -0.15) is 0 Å². The zero-order valence-electron chi connectivity index (χ0n) is 8.98. The molecule has 0 spiro atoms. The molecule has 1 N–H and O–H groups in total. The summed E-state index contributed by atoms with van der Waals surface area (Å²) >= 11 is 7.52. The molecule has 16 heavy (non-hydrogen) atoms. The van der Waals surface area contributed by atoms with Crippen LogP contribution in [0, 0.1) is 0 Å². The molecule has 0 bridgehead atoms. The molecule has 1 atom stereocenters. The summed E-state index contributed by atoms with van der Waals surface area (Å²) in [7, 11) is 0. The van der Waals surface area contributed by atoms with Crippen molar-refractivity contribution >= 4 is 22.9 Å². The van der Waals surface area contributed by atoms with Gasteiger partial charge in [-0.15, -0.1) is 11.3 Å². The monoisotopic (exact) mass is 252 g/mol. The van der Waals surface area contributed by atoms with Crippen LogP contribution in [0.15, 0.2) is 36.7 Å². The number of nitrogens with zero attached hydrogens (tertiary/aromatic N) is 1. The van der Waals surface area contributed by atoms with Crippen molar-refractivity contribution in [3.63, 3.8) is 0 Å². The molecule has 0 aliphatic carbocycles. The SMILES string of the molecule is CC(NCc1cccnc1)c1ccc(Cl)s1. The Balaban J connectivity index is 1.91. The summed E-state index contributed by atoms with van der Waals surface area (Å²) in [5.41, 5.74) is 1.19. The summed E-state index contributed by atoms with van der Waals surface area (Å²) < 4.78 is 0.838. The van der Waals surface area contributed by atoms with Gasteiger partial charge in [0.15, 0.2) is 0 Å². The minimum atomic E-state index is 0.317. The maximum absolute atomic E-state index is 5.90. The van der Waals surface area contributed by atoms with Crippen molar-refractivity contribution in [2.45, 2.75) is 19.5 Å². The van der Waals surface area contributed by atoms with Gasteiger partial charge < -0.3 is 5.32 Å². The van der Waals surface area contributed by atoms with Crippen LogP contribution in [0.1, 0.15) is 23.4 Å². The average molecular weight is 253 g/mol. The van der Waals surface area contributed by atoms with Crippen LogP contribution in [0.25, 0.3) is 0 Å². The third kappa shape index (κ3) is 3.04. The second kappa shape index (κ2) is 5.43. The molecule has 2 aromatic heterocycles. The maximum Gasteiger partial charge on any atom is 0.0931 e. The molecule has 2 heterocycles. The van der Waals surface area contributed by atoms with Crippen molar-refractivity contribution in [3.05, 3.63) is 51.4 Å². The average Bonchev–Trinajstić information content (AvgIpc) is 2.74. The highest BCUT2D eigenvalue weighted by Crippen LogP contribution is 2.26. The Bertz CT molecular complexity index is 441. The normalized spacial score (nSPS) is 12.6. The molecule has 0 fully saturated rings. The molecule has 0 aromatic carbocycles. The lowest BCUT2D eigenvalue weighted by Crippen LogP contribution is -2.17. The number of halogens is 1. The highest BCUT2D eigenvalue weighted by atomic mass is 35.5. The van der Waals surface area contributed by atoms with Gasteiger partial charge in [0.25, 0.3) is 0 Å². The van der Waals surface area contributed by atoms with E-state index in [-0.39, 0.29) is 0 Å². The van der Waals surface area contributed by atoms with Crippen molar-refractivity contribution in [1.82, 2.24) is 10.3 Å². The first-order valence-electron chi connectivity index (χ1n) is 5.13. The molecule has 0 aliphatic heterocycles. The van der Waals surface area contributed by atoms with Gasteiger partial charge in [-0.3, -0.25) is 4.98 Å². The predicted molar refractivity (Wildman–Crippen MR) is 68.8 cm³/mol. The molecule has 2 rings (SSSR count). The highest BCUT2D eigenvalue weighted by Gasteiger charge is 2.07. The molecule has 84 valence electrons. The lowest BCUT2D eigenvalue weighted by Gasteiger charge is -2.11. The smallest absolute Gasteiger partial charge is 0.0931 e. The Labute approximate surface area is 104 Å². The minimum Gasteiger partial charge on any atom is -0.305 e. The zero-order chi connectivity index (χ0) is 11.4. The van der Waals surface area contributed by atoms with Crippen molar-refractivity contribution in [1.29, 1.82) is 0 Å². The summed E-state index contributed by atoms with van der Waals surface area (Å²) in [6.45, 7) is 2.96. The predicted octanol–water partition coefficient (Wildman–Crippen LogP) is 3.65. The van der Waals surface area contributed by atoms with Crippen LogP contribution in [0.4, 0.5) is 0 Å². The van der Waals surface area contributed by atoms with E-state index in [1.807, 2.05) is 18.3 Å². The van der Waals surface area contributed by atoms with E-state index in [0.29, 0.717) is 6.04 Å². The Morgan fingerprint density at radius 1 is 1.44 bits per heavy atom. The fourth-order valence-electron chi connectivity index (χ4n) is 1.44. The first-order valence-corrected chi connectivity index (χ1v) is 6.32. The van der Waals surface area contributed by atoms with E-state index < -0.39 is 0 Å². The maximum atomic E-state index is 5.90. The van der Waals surface area contributed by atoms with Crippen molar-refractivity contribution in [2.75, 3.05) is 0 Å². The molecule has 0 radical (unpaired) electrons. The van der Waals surface area contributed by atoms with Crippen molar-refractivity contribution in [2.24, 2.45) is 0 Å². The minimum absolute atomic E-state index is 0.317. The van der Waals surface area contributed by atoms with Gasteiger partial charge in [-0.1, -0.05) is 17.7 Å². The molecule has 2 nitrogen and oxygen atoms in total. The molecule has 4 heteroatoms. The molecule has 0 saturated heterocycles. The number of hydrogen-bond donors (Lipinski definition) is 1. The first kappa shape index (κ1) is 11.6. The number of thiophene rings is 1. The van der Waals surface area contributed by atoms with Gasteiger partial charge in [0.2, 0.25) is 0 Å². The van der Waals surface area contributed by atoms with Crippen LogP contribution >= 0.6 is 22.9 Å². The van der Waals surface area contributed by atoms with Crippen LogP contribution in [-0.4, -0.2) is 4.98 Å². The highest BCUT2D eigenvalue weighted by molar-refractivity contribution is 7.16. The molecule has 0 saturated carbocycles. The number of aromatic nitrogens is 1. The van der Waals surface area contributed by atoms with Gasteiger partial charge in [0, 0.05) is 29.9 Å². The Morgan fingerprint density at radius 3 is 2.94 bits per heavy atom. The molecule has 1 unspecified atom stereocenters. The Hall–Kier alpha value is -0.900. The van der Waals surface area contributed by atoms with E-state index in [1.165, 1.54) is 10.4 Å². The van der Waals surface area contributed by atoms with Gasteiger partial charge in [0.1, 0.15) is 0 Å². The number of rotatable bonds is 4. The van der Waals surface area contributed by atoms with Gasteiger partial charge in [-0.05, 0) is 30.7 Å². The van der Waals surface area contributed by atoms with Crippen LogP contribution in [0.2, 0.25) is 4.34 Å². The van der Waals surface area contributed by atoms with Crippen LogP contribution in [-0.2, 0) is 6.54 Å². The molecular formula is C12H13ClN2S. The first-order chi connectivity index (χ1) is 7.75. The topological polar surface area (TPSA) is 24.9 Å². The fraction of sp³-hybridized carbons (Fsp3) is 0.250. The van der Waals surface area contributed by atoms with Crippen LogP contribution < -0.4 is 5.32 Å². The van der Waals surface area contributed by atoms with E-state index in [1.54, 1.807) is 17.5 Å². The number of nitrogens with one attached hydrogen (secondary N) is 1. The van der Waals surface area contributed by atoms with E-state index >= 15 is 0 Å². The largest absolute Gasteiger partial charge is 0.305 e. The Morgan fingerprint density at radius 2 is 2.31 bits per heavy atom. The zero-order valence-corrected chi connectivity index (χ0v) is 10.6. The molecule has 0 amide bonds. The summed E-state index contributed by atoms with van der Waals surface area (Å²) in [5, 5.41) is 3.44. The summed E-state index contributed by atoms with van der Waals surface area (Å²) in [6.07, 6.45) is 3.66. The van der Waals surface area contributed by atoms with Crippen molar-refractivity contribution in [3.8, 4) is 0 Å². The summed E-state index contributed by atoms with van der Waals surface area (Å²) in [4.78, 5) is 5.34. The molecular weight excluding hydrogens is 240 g/mol. The molecule has 0 aliphatic rings. The van der Waals surface area contributed by atoms with E-state index in [2.05, 4.69) is 29.4 Å². The standard InChI is InChI=1S/C12H13ClN2S/c1-9(11-4-5-12(13)16-11)15-8-10-3-2-6-14-7-10/h2-7,9,15H,8H2,1H3. The molecule has 2 aromatic rings. The third-order valence-corrected chi connectivity index (χ3v) is 3.77. The van der Waals surface area contributed by atoms with E-state index in [9.17, 15) is 0 Å². The second-order valence-corrected chi connectivity index (χ2v) is 5.35. The van der Waals surface area contributed by atoms with Gasteiger partial charge in [0.05, 0.1) is 4.34 Å². The van der Waals surface area contributed by atoms with Gasteiger partial charge >= 0.3 is 0 Å². The number of hydrogen-bond acceptors (Lipinski definition) is 3. The number of pyridine rings is 1. The van der Waals surface area contributed by atoms with E-state index in [0.717, 1.165) is 10.9 Å². The van der Waals surface area contributed by atoms with E-state index in [4.69, 9.17) is 11.6 Å². The summed E-state index contributed by atoms with van der Waals surface area (Å²) in [6, 6.07) is 8.33. The summed E-state index contributed by atoms with van der Waals surface area (Å²) in [5.74, 6) is 0. The third-order valence-electron chi connectivity index (χ3n) is 2.36. The van der Waals surface area contributed by atoms with Crippen LogP contribution in [0.5, 0.6) is 0 Å². The fourth-order valence-corrected chi connectivity index (χ4v) is 2.52. The van der Waals surface area contributed by atoms with Crippen LogP contribution in [0.3, 0.4) is 0 Å². The second-order valence-electron chi connectivity index (χ2n) is 3.61. The van der Waals surface area contributed by atoms with Gasteiger partial charge in [-0.25, -0.2) is 0 Å². The lowest BCUT2D eigenvalue weighted by atomic mass is 10.2.